The lowest BCUT2D eigenvalue weighted by molar-refractivity contribution is -0.119. The van der Waals surface area contributed by atoms with E-state index in [4.69, 9.17) is 10.5 Å². The Hall–Kier alpha value is -1.75. The molecule has 0 heterocycles. The van der Waals surface area contributed by atoms with Crippen molar-refractivity contribution in [3.05, 3.63) is 18.2 Å². The maximum Gasteiger partial charge on any atom is 0.227 e. The summed E-state index contributed by atoms with van der Waals surface area (Å²) in [4.78, 5) is 11.7. The second kappa shape index (κ2) is 6.10. The molecule has 0 fully saturated rings. The topological polar surface area (TPSA) is 84.6 Å². The number of rotatable bonds is 5. The molecule has 94 valence electrons. The molecule has 1 aromatic rings. The fraction of sp³-hybridized carbons (Fsp3) is 0.417. The van der Waals surface area contributed by atoms with Crippen LogP contribution in [0.5, 0.6) is 11.5 Å². The summed E-state index contributed by atoms with van der Waals surface area (Å²) in [5.74, 6) is 0.110. The van der Waals surface area contributed by atoms with E-state index < -0.39 is 0 Å². The molecule has 0 spiro atoms. The molecule has 4 N–H and O–H groups in total. The molecule has 5 nitrogen and oxygen atoms in total. The Morgan fingerprint density at radius 1 is 1.59 bits per heavy atom. The van der Waals surface area contributed by atoms with Crippen molar-refractivity contribution in [2.75, 3.05) is 19.0 Å². The highest BCUT2D eigenvalue weighted by molar-refractivity contribution is 5.92. The number of benzene rings is 1. The van der Waals surface area contributed by atoms with Crippen molar-refractivity contribution in [3.63, 3.8) is 0 Å². The Morgan fingerprint density at radius 2 is 2.29 bits per heavy atom. The molecule has 17 heavy (non-hydrogen) atoms. The molecule has 0 radical (unpaired) electrons. The Balaban J connectivity index is 2.69. The number of anilines is 1. The maximum absolute atomic E-state index is 11.7. The van der Waals surface area contributed by atoms with Gasteiger partial charge < -0.3 is 20.9 Å². The van der Waals surface area contributed by atoms with Gasteiger partial charge in [-0.2, -0.15) is 0 Å². The summed E-state index contributed by atoms with van der Waals surface area (Å²) in [6.07, 6.45) is 0.633. The van der Waals surface area contributed by atoms with Gasteiger partial charge in [0.05, 0.1) is 7.11 Å². The molecule has 1 atom stereocenters. The number of phenolic OH excluding ortho intramolecular Hbond substituents is 1. The van der Waals surface area contributed by atoms with E-state index in [-0.39, 0.29) is 17.6 Å². The average Bonchev–Trinajstić information content (AvgIpc) is 2.29. The zero-order chi connectivity index (χ0) is 12.8. The number of ether oxygens (including phenoxy) is 1. The third-order valence-corrected chi connectivity index (χ3v) is 2.49. The molecule has 0 aliphatic carbocycles. The van der Waals surface area contributed by atoms with Crippen molar-refractivity contribution in [2.45, 2.75) is 13.3 Å². The molecule has 0 aromatic heterocycles. The number of carbonyl (C=O) groups is 1. The van der Waals surface area contributed by atoms with E-state index in [1.165, 1.54) is 13.2 Å². The summed E-state index contributed by atoms with van der Waals surface area (Å²) in [7, 11) is 1.47. The van der Waals surface area contributed by atoms with E-state index in [1.54, 1.807) is 12.1 Å². The van der Waals surface area contributed by atoms with Crippen LogP contribution in [-0.4, -0.2) is 24.7 Å². The number of nitrogens with two attached hydrogens (primary N) is 1. The normalized spacial score (nSPS) is 11.9. The van der Waals surface area contributed by atoms with Gasteiger partial charge in [0.25, 0.3) is 0 Å². The van der Waals surface area contributed by atoms with Gasteiger partial charge in [0.1, 0.15) is 0 Å². The molecule has 0 saturated heterocycles. The van der Waals surface area contributed by atoms with Crippen LogP contribution >= 0.6 is 0 Å². The molecule has 0 aliphatic rings. The molecule has 5 heteroatoms. The van der Waals surface area contributed by atoms with Crippen molar-refractivity contribution in [1.82, 2.24) is 0 Å². The summed E-state index contributed by atoms with van der Waals surface area (Å²) in [5, 5.41) is 12.3. The number of nitrogens with one attached hydrogen (secondary N) is 1. The minimum Gasteiger partial charge on any atom is -0.504 e. The lowest BCUT2D eigenvalue weighted by Crippen LogP contribution is -2.22. The van der Waals surface area contributed by atoms with Gasteiger partial charge in [-0.05, 0) is 25.1 Å². The van der Waals surface area contributed by atoms with E-state index >= 15 is 0 Å². The van der Waals surface area contributed by atoms with Crippen LogP contribution in [0.25, 0.3) is 0 Å². The second-order valence-electron chi connectivity index (χ2n) is 3.85. The number of carbonyl (C=O) groups excluding carboxylic acids is 1. The largest absolute Gasteiger partial charge is 0.504 e. The Labute approximate surface area is 101 Å². The van der Waals surface area contributed by atoms with Gasteiger partial charge in [0.2, 0.25) is 5.91 Å². The molecule has 1 amide bonds. The summed E-state index contributed by atoms with van der Waals surface area (Å²) < 4.78 is 4.91. The SMILES string of the molecule is COc1ccc(NC(=O)C(C)CCN)cc1O. The zero-order valence-electron chi connectivity index (χ0n) is 10.1. The highest BCUT2D eigenvalue weighted by Gasteiger charge is 2.12. The van der Waals surface area contributed by atoms with Crippen LogP contribution in [0.3, 0.4) is 0 Å². The maximum atomic E-state index is 11.7. The van der Waals surface area contributed by atoms with E-state index in [0.717, 1.165) is 0 Å². The Morgan fingerprint density at radius 3 is 2.82 bits per heavy atom. The van der Waals surface area contributed by atoms with Gasteiger partial charge in [-0.3, -0.25) is 4.79 Å². The van der Waals surface area contributed by atoms with Crippen LogP contribution in [0.4, 0.5) is 5.69 Å². The minimum atomic E-state index is -0.149. The lowest BCUT2D eigenvalue weighted by atomic mass is 10.1. The van der Waals surface area contributed by atoms with Gasteiger partial charge in [-0.25, -0.2) is 0 Å². The summed E-state index contributed by atoms with van der Waals surface area (Å²) >= 11 is 0. The van der Waals surface area contributed by atoms with Crippen molar-refractivity contribution >= 4 is 11.6 Å². The number of phenols is 1. The molecule has 0 aliphatic heterocycles. The van der Waals surface area contributed by atoms with Crippen molar-refractivity contribution in [3.8, 4) is 11.5 Å². The fourth-order valence-corrected chi connectivity index (χ4v) is 1.41. The van der Waals surface area contributed by atoms with E-state index in [1.807, 2.05) is 6.92 Å². The predicted octanol–water partition coefficient (Wildman–Crippen LogP) is 1.32. The Bertz CT molecular complexity index is 393. The van der Waals surface area contributed by atoms with Crippen molar-refractivity contribution < 1.29 is 14.6 Å². The van der Waals surface area contributed by atoms with Gasteiger partial charge >= 0.3 is 0 Å². The first-order valence-electron chi connectivity index (χ1n) is 5.46. The van der Waals surface area contributed by atoms with Crippen LogP contribution in [0, 0.1) is 5.92 Å². The van der Waals surface area contributed by atoms with Crippen molar-refractivity contribution in [1.29, 1.82) is 0 Å². The summed E-state index contributed by atoms with van der Waals surface area (Å²) in [6, 6.07) is 4.72. The van der Waals surface area contributed by atoms with Gasteiger partial charge in [0.15, 0.2) is 11.5 Å². The second-order valence-corrected chi connectivity index (χ2v) is 3.85. The molecular weight excluding hydrogens is 220 g/mol. The summed E-state index contributed by atoms with van der Waals surface area (Å²) in [5.41, 5.74) is 5.93. The van der Waals surface area contributed by atoms with Gasteiger partial charge in [-0.1, -0.05) is 6.92 Å². The van der Waals surface area contributed by atoms with Crippen LogP contribution < -0.4 is 15.8 Å². The standard InChI is InChI=1S/C12H18N2O3/c1-8(5-6-13)12(16)14-9-3-4-11(17-2)10(15)7-9/h3-4,7-8,15H,5-6,13H2,1-2H3,(H,14,16). The number of amides is 1. The monoisotopic (exact) mass is 238 g/mol. The third-order valence-electron chi connectivity index (χ3n) is 2.49. The van der Waals surface area contributed by atoms with E-state index in [2.05, 4.69) is 5.32 Å². The number of hydrogen-bond donors (Lipinski definition) is 3. The van der Waals surface area contributed by atoms with E-state index in [9.17, 15) is 9.90 Å². The fourth-order valence-electron chi connectivity index (χ4n) is 1.41. The van der Waals surface area contributed by atoms with Gasteiger partial charge in [-0.15, -0.1) is 0 Å². The predicted molar refractivity (Wildman–Crippen MR) is 66.1 cm³/mol. The molecule has 1 rings (SSSR count). The minimum absolute atomic E-state index is 0.00298. The van der Waals surface area contributed by atoms with Crippen molar-refractivity contribution in [2.24, 2.45) is 11.7 Å². The highest BCUT2D eigenvalue weighted by atomic mass is 16.5. The first-order chi connectivity index (χ1) is 8.08. The van der Waals surface area contributed by atoms with Crippen LogP contribution in [0.1, 0.15) is 13.3 Å². The Kier molecular flexibility index (Phi) is 4.78. The average molecular weight is 238 g/mol. The molecule has 1 aromatic carbocycles. The van der Waals surface area contributed by atoms with Crippen LogP contribution in [-0.2, 0) is 4.79 Å². The van der Waals surface area contributed by atoms with Crippen LogP contribution in [0.2, 0.25) is 0 Å². The number of methoxy groups -OCH3 is 1. The van der Waals surface area contributed by atoms with E-state index in [0.29, 0.717) is 24.4 Å². The first-order valence-corrected chi connectivity index (χ1v) is 5.46. The zero-order valence-corrected chi connectivity index (χ0v) is 10.1. The lowest BCUT2D eigenvalue weighted by Gasteiger charge is -2.12. The number of aromatic hydroxyl groups is 1. The number of hydrogen-bond acceptors (Lipinski definition) is 4. The van der Waals surface area contributed by atoms with Gasteiger partial charge in [0, 0.05) is 17.7 Å². The molecule has 0 bridgehead atoms. The van der Waals surface area contributed by atoms with Crippen LogP contribution in [0.15, 0.2) is 18.2 Å². The summed E-state index contributed by atoms with van der Waals surface area (Å²) in [6.45, 7) is 2.29. The first kappa shape index (κ1) is 13.3. The molecule has 0 saturated carbocycles. The third kappa shape index (κ3) is 3.64. The highest BCUT2D eigenvalue weighted by Crippen LogP contribution is 2.28. The smallest absolute Gasteiger partial charge is 0.227 e. The molecular formula is C12H18N2O3. The molecule has 1 unspecified atom stereocenters. The quantitative estimate of drug-likeness (QED) is 0.722.